The molecular formula is C18H23NO3. The number of likely N-dealkylation sites (N-methyl/N-ethyl adjacent to an activating group) is 1. The number of hydrogen-bond donors (Lipinski definition) is 1. The summed E-state index contributed by atoms with van der Waals surface area (Å²) in [4.78, 5) is 2.52. The smallest absolute Gasteiger partial charge is 0.165 e. The van der Waals surface area contributed by atoms with E-state index in [2.05, 4.69) is 18.0 Å². The molecule has 0 unspecified atom stereocenters. The van der Waals surface area contributed by atoms with Gasteiger partial charge in [0.05, 0.1) is 13.2 Å². The van der Waals surface area contributed by atoms with E-state index in [1.165, 1.54) is 11.1 Å². The fourth-order valence-electron chi connectivity index (χ4n) is 5.86. The van der Waals surface area contributed by atoms with E-state index in [4.69, 9.17) is 9.47 Å². The largest absolute Gasteiger partial charge is 0.493 e. The number of rotatable bonds is 1. The molecule has 4 aliphatic rings. The van der Waals surface area contributed by atoms with E-state index < -0.39 is 0 Å². The van der Waals surface area contributed by atoms with Crippen molar-refractivity contribution in [2.75, 3.05) is 20.7 Å². The fourth-order valence-corrected chi connectivity index (χ4v) is 5.86. The van der Waals surface area contributed by atoms with Gasteiger partial charge in [0.15, 0.2) is 11.5 Å². The minimum absolute atomic E-state index is 0.00625. The summed E-state index contributed by atoms with van der Waals surface area (Å²) in [5.41, 5.74) is 2.77. The lowest BCUT2D eigenvalue weighted by molar-refractivity contribution is -0.0993. The molecule has 4 heteroatoms. The second-order valence-electron chi connectivity index (χ2n) is 7.46. The van der Waals surface area contributed by atoms with Crippen molar-refractivity contribution in [2.24, 2.45) is 5.92 Å². The first-order valence-corrected chi connectivity index (χ1v) is 8.42. The van der Waals surface area contributed by atoms with E-state index in [0.29, 0.717) is 12.0 Å². The Kier molecular flexibility index (Phi) is 2.51. The Morgan fingerprint density at radius 2 is 2.23 bits per heavy atom. The second kappa shape index (κ2) is 4.18. The number of nitrogens with zero attached hydrogens (tertiary/aromatic N) is 1. The molecule has 1 N–H and O–H groups in total. The summed E-state index contributed by atoms with van der Waals surface area (Å²) in [6.45, 7) is 1.09. The maximum Gasteiger partial charge on any atom is 0.165 e. The summed E-state index contributed by atoms with van der Waals surface area (Å²) in [5, 5.41) is 10.6. The maximum atomic E-state index is 10.6. The third-order valence-corrected chi connectivity index (χ3v) is 6.77. The molecule has 1 spiro atoms. The summed E-state index contributed by atoms with van der Waals surface area (Å²) in [6.07, 6.45) is 3.69. The van der Waals surface area contributed by atoms with Gasteiger partial charge in [-0.2, -0.15) is 0 Å². The maximum absolute atomic E-state index is 10.6. The van der Waals surface area contributed by atoms with Gasteiger partial charge in [-0.15, -0.1) is 0 Å². The monoisotopic (exact) mass is 301 g/mol. The Morgan fingerprint density at radius 1 is 1.36 bits per heavy atom. The van der Waals surface area contributed by atoms with Gasteiger partial charge in [0.2, 0.25) is 0 Å². The van der Waals surface area contributed by atoms with Crippen LogP contribution in [0.5, 0.6) is 11.5 Å². The minimum atomic E-state index is -0.358. The number of ether oxygens (including phenoxy) is 2. The lowest BCUT2D eigenvalue weighted by atomic mass is 9.51. The summed E-state index contributed by atoms with van der Waals surface area (Å²) in [7, 11) is 3.96. The highest BCUT2D eigenvalue weighted by Gasteiger charge is 2.65. The first kappa shape index (κ1) is 13.2. The SMILES string of the molecule is COc1ccc2c3c1O[C@H]1[C@@H](O)CC[C@@H]4[C@@H](C2)N(C)CC[C@@]341. The number of likely N-dealkylation sites (tertiary alicyclic amines) is 1. The van der Waals surface area contributed by atoms with Gasteiger partial charge in [0.25, 0.3) is 0 Å². The summed E-state index contributed by atoms with van der Waals surface area (Å²) in [5.74, 6) is 2.34. The quantitative estimate of drug-likeness (QED) is 0.858. The molecule has 1 aromatic carbocycles. The van der Waals surface area contributed by atoms with E-state index in [1.807, 2.05) is 6.07 Å². The molecule has 2 aliphatic carbocycles. The molecule has 2 bridgehead atoms. The fraction of sp³-hybridized carbons (Fsp3) is 0.667. The number of methoxy groups -OCH3 is 1. The van der Waals surface area contributed by atoms with Crippen LogP contribution in [0.15, 0.2) is 12.1 Å². The molecule has 118 valence electrons. The molecule has 1 saturated carbocycles. The van der Waals surface area contributed by atoms with Crippen LogP contribution in [0, 0.1) is 5.92 Å². The lowest BCUT2D eigenvalue weighted by Gasteiger charge is -2.58. The van der Waals surface area contributed by atoms with Crippen LogP contribution >= 0.6 is 0 Å². The zero-order valence-corrected chi connectivity index (χ0v) is 13.2. The minimum Gasteiger partial charge on any atom is -0.493 e. The van der Waals surface area contributed by atoms with E-state index in [9.17, 15) is 5.11 Å². The third kappa shape index (κ3) is 1.32. The zero-order chi connectivity index (χ0) is 15.1. The number of aliphatic hydroxyl groups is 1. The van der Waals surface area contributed by atoms with Crippen molar-refractivity contribution >= 4 is 0 Å². The van der Waals surface area contributed by atoms with Gasteiger partial charge in [-0.05, 0) is 56.8 Å². The van der Waals surface area contributed by atoms with Crippen LogP contribution in [0.4, 0.5) is 0 Å². The van der Waals surface area contributed by atoms with Crippen molar-refractivity contribution in [3.8, 4) is 11.5 Å². The highest BCUT2D eigenvalue weighted by molar-refractivity contribution is 5.61. The van der Waals surface area contributed by atoms with Gasteiger partial charge < -0.3 is 19.5 Å². The van der Waals surface area contributed by atoms with Gasteiger partial charge >= 0.3 is 0 Å². The Bertz CT molecular complexity index is 645. The first-order chi connectivity index (χ1) is 10.7. The van der Waals surface area contributed by atoms with Crippen molar-refractivity contribution in [1.29, 1.82) is 0 Å². The van der Waals surface area contributed by atoms with E-state index in [0.717, 1.165) is 43.7 Å². The molecule has 0 amide bonds. The average molecular weight is 301 g/mol. The van der Waals surface area contributed by atoms with Gasteiger partial charge in [-0.25, -0.2) is 0 Å². The molecule has 1 aromatic rings. The van der Waals surface area contributed by atoms with E-state index in [1.54, 1.807) is 7.11 Å². The molecule has 4 nitrogen and oxygen atoms in total. The standard InChI is InChI=1S/C18H23NO3/c1-19-8-7-18-11-4-5-13(20)17(18)22-16-14(21-2)6-3-10(15(16)18)9-12(11)19/h3,6,11-13,17,20H,4-5,7-9H2,1-2H3/t11-,12-,13+,17+,18+/m1/s1. The predicted octanol–water partition coefficient (Wildman–Crippen LogP) is 1.73. The molecule has 2 fully saturated rings. The van der Waals surface area contributed by atoms with Crippen LogP contribution in [-0.4, -0.2) is 49.0 Å². The number of hydrogen-bond acceptors (Lipinski definition) is 4. The van der Waals surface area contributed by atoms with Crippen LogP contribution in [-0.2, 0) is 11.8 Å². The summed E-state index contributed by atoms with van der Waals surface area (Å²) >= 11 is 0. The van der Waals surface area contributed by atoms with Crippen molar-refractivity contribution in [3.63, 3.8) is 0 Å². The molecule has 2 heterocycles. The van der Waals surface area contributed by atoms with Crippen molar-refractivity contribution in [3.05, 3.63) is 23.3 Å². The predicted molar refractivity (Wildman–Crippen MR) is 82.6 cm³/mol. The van der Waals surface area contributed by atoms with Crippen molar-refractivity contribution in [1.82, 2.24) is 4.90 Å². The molecule has 5 rings (SSSR count). The Balaban J connectivity index is 1.80. The van der Waals surface area contributed by atoms with Crippen LogP contribution in [0.2, 0.25) is 0 Å². The molecule has 22 heavy (non-hydrogen) atoms. The highest BCUT2D eigenvalue weighted by atomic mass is 16.5. The molecule has 0 aromatic heterocycles. The highest BCUT2D eigenvalue weighted by Crippen LogP contribution is 2.63. The number of piperidine rings is 1. The molecular weight excluding hydrogens is 278 g/mol. The molecule has 1 saturated heterocycles. The summed E-state index contributed by atoms with van der Waals surface area (Å²) < 4.78 is 11.9. The van der Waals surface area contributed by atoms with Crippen LogP contribution in [0.1, 0.15) is 30.4 Å². The van der Waals surface area contributed by atoms with E-state index in [-0.39, 0.29) is 17.6 Å². The average Bonchev–Trinajstić information content (AvgIpc) is 2.88. The van der Waals surface area contributed by atoms with Gasteiger partial charge in [0, 0.05) is 17.0 Å². The van der Waals surface area contributed by atoms with Crippen LogP contribution in [0.25, 0.3) is 0 Å². The van der Waals surface area contributed by atoms with Crippen molar-refractivity contribution in [2.45, 2.75) is 49.3 Å². The normalized spacial score (nSPS) is 41.8. The van der Waals surface area contributed by atoms with Gasteiger partial charge in [-0.1, -0.05) is 6.07 Å². The number of benzene rings is 1. The van der Waals surface area contributed by atoms with Gasteiger partial charge in [-0.3, -0.25) is 0 Å². The first-order valence-electron chi connectivity index (χ1n) is 8.42. The van der Waals surface area contributed by atoms with E-state index >= 15 is 0 Å². The molecule has 2 aliphatic heterocycles. The van der Waals surface area contributed by atoms with Crippen LogP contribution < -0.4 is 9.47 Å². The van der Waals surface area contributed by atoms with Gasteiger partial charge in [0.1, 0.15) is 6.10 Å². The lowest BCUT2D eigenvalue weighted by Crippen LogP contribution is -2.66. The topological polar surface area (TPSA) is 41.9 Å². The second-order valence-corrected chi connectivity index (χ2v) is 7.46. The Morgan fingerprint density at radius 3 is 3.05 bits per heavy atom. The summed E-state index contributed by atoms with van der Waals surface area (Å²) in [6, 6.07) is 4.83. The third-order valence-electron chi connectivity index (χ3n) is 6.77. The Labute approximate surface area is 131 Å². The van der Waals surface area contributed by atoms with Crippen molar-refractivity contribution < 1.29 is 14.6 Å². The Hall–Kier alpha value is -1.26. The zero-order valence-electron chi connectivity index (χ0n) is 13.2. The molecule has 5 atom stereocenters. The van der Waals surface area contributed by atoms with Crippen LogP contribution in [0.3, 0.4) is 0 Å². The molecule has 0 radical (unpaired) electrons. The number of aliphatic hydroxyl groups excluding tert-OH is 1.